The fourth-order valence-corrected chi connectivity index (χ4v) is 6.62. The lowest BCUT2D eigenvalue weighted by atomic mass is 9.63. The Hall–Kier alpha value is -3.51. The molecule has 0 unspecified atom stereocenters. The van der Waals surface area contributed by atoms with Crippen molar-refractivity contribution in [3.8, 4) is 0 Å². The number of halogens is 1. The number of carbonyl (C=O) groups is 3. The number of hydrogen-bond acceptors (Lipinski definition) is 4. The van der Waals surface area contributed by atoms with Crippen LogP contribution in [0, 0.1) is 11.3 Å². The average molecular weight is 555 g/mol. The van der Waals surface area contributed by atoms with Crippen molar-refractivity contribution < 1.29 is 14.4 Å². The molecule has 3 heterocycles. The van der Waals surface area contributed by atoms with Crippen molar-refractivity contribution in [2.45, 2.75) is 38.3 Å². The van der Waals surface area contributed by atoms with E-state index < -0.39 is 28.8 Å². The van der Waals surface area contributed by atoms with Gasteiger partial charge in [0.2, 0.25) is 5.91 Å². The predicted octanol–water partition coefficient (Wildman–Crippen LogP) is 6.04. The Balaban J connectivity index is 1.68. The first kappa shape index (κ1) is 23.9. The largest absolute Gasteiger partial charge is 0.352 e. The standard InChI is InChI=1S/C31H27BrN2O3/c1-30(2,3)28(36)26-25(27(35)19-12-15-20(32)16-13-19)31(21-9-5-6-10-22(21)33-29(31)37)24-17-14-18-8-4-7-11-23(18)34(24)26/h4-17,24-26H,1-3H3,(H,33,37)/t24-,25+,26-,31+/m0/s1. The Bertz CT molecular complexity index is 1490. The van der Waals surface area contributed by atoms with Gasteiger partial charge in [0.1, 0.15) is 11.5 Å². The molecule has 0 aliphatic carbocycles. The number of carbonyl (C=O) groups excluding carboxylic acids is 3. The number of ketones is 2. The molecule has 0 saturated carbocycles. The maximum Gasteiger partial charge on any atom is 0.238 e. The smallest absolute Gasteiger partial charge is 0.238 e. The second-order valence-corrected chi connectivity index (χ2v) is 12.0. The molecule has 1 amide bonds. The van der Waals surface area contributed by atoms with Gasteiger partial charge < -0.3 is 10.2 Å². The van der Waals surface area contributed by atoms with E-state index in [1.54, 1.807) is 12.1 Å². The Labute approximate surface area is 224 Å². The highest BCUT2D eigenvalue weighted by atomic mass is 79.9. The number of nitrogens with one attached hydrogen (secondary N) is 1. The van der Waals surface area contributed by atoms with E-state index in [9.17, 15) is 14.4 Å². The SMILES string of the molecule is CC(C)(C)C(=O)[C@@H]1[C@H](C(=O)c2ccc(Br)cc2)[C@]2(C(=O)Nc3ccccc32)[C@@H]2C=Cc3ccccc3N12. The molecular weight excluding hydrogens is 528 g/mol. The summed E-state index contributed by atoms with van der Waals surface area (Å²) in [6, 6.07) is 21.3. The summed E-state index contributed by atoms with van der Waals surface area (Å²) in [6.45, 7) is 5.64. The molecule has 1 N–H and O–H groups in total. The number of amides is 1. The Morgan fingerprint density at radius 1 is 0.946 bits per heavy atom. The van der Waals surface area contributed by atoms with Crippen LogP contribution in [0.25, 0.3) is 6.08 Å². The second kappa shape index (κ2) is 8.25. The minimum absolute atomic E-state index is 0.0629. The molecule has 1 spiro atoms. The molecule has 3 aliphatic heterocycles. The third kappa shape index (κ3) is 3.31. The van der Waals surface area contributed by atoms with Crippen LogP contribution in [0.1, 0.15) is 42.3 Å². The summed E-state index contributed by atoms with van der Waals surface area (Å²) >= 11 is 3.45. The molecule has 1 saturated heterocycles. The number of nitrogens with zero attached hydrogens (tertiary/aromatic N) is 1. The van der Waals surface area contributed by atoms with Gasteiger partial charge in [-0.1, -0.05) is 97.4 Å². The molecule has 3 aliphatic rings. The second-order valence-electron chi connectivity index (χ2n) is 11.0. The van der Waals surface area contributed by atoms with Crippen molar-refractivity contribution in [1.82, 2.24) is 0 Å². The quantitative estimate of drug-likeness (QED) is 0.401. The molecule has 0 radical (unpaired) electrons. The Morgan fingerprint density at radius 2 is 1.62 bits per heavy atom. The van der Waals surface area contributed by atoms with Gasteiger partial charge in [0.25, 0.3) is 0 Å². The number of anilines is 2. The molecule has 3 aromatic rings. The van der Waals surface area contributed by atoms with Crippen LogP contribution < -0.4 is 10.2 Å². The fraction of sp³-hybridized carbons (Fsp3) is 0.258. The molecule has 6 heteroatoms. The van der Waals surface area contributed by atoms with E-state index >= 15 is 0 Å². The van der Waals surface area contributed by atoms with Crippen LogP contribution >= 0.6 is 15.9 Å². The molecule has 4 atom stereocenters. The van der Waals surface area contributed by atoms with Gasteiger partial charge in [0.15, 0.2) is 11.6 Å². The predicted molar refractivity (Wildman–Crippen MR) is 149 cm³/mol. The molecule has 37 heavy (non-hydrogen) atoms. The maximum atomic E-state index is 14.6. The van der Waals surface area contributed by atoms with Gasteiger partial charge in [-0.05, 0) is 35.4 Å². The van der Waals surface area contributed by atoms with E-state index in [4.69, 9.17) is 0 Å². The van der Waals surface area contributed by atoms with Crippen molar-refractivity contribution in [2.75, 3.05) is 10.2 Å². The zero-order valence-corrected chi connectivity index (χ0v) is 22.5. The van der Waals surface area contributed by atoms with E-state index in [0.29, 0.717) is 11.3 Å². The number of benzene rings is 3. The van der Waals surface area contributed by atoms with E-state index in [1.165, 1.54) is 0 Å². The average Bonchev–Trinajstić information content (AvgIpc) is 3.36. The van der Waals surface area contributed by atoms with E-state index in [0.717, 1.165) is 21.3 Å². The van der Waals surface area contributed by atoms with Crippen molar-refractivity contribution >= 4 is 50.9 Å². The van der Waals surface area contributed by atoms with Crippen molar-refractivity contribution in [3.05, 3.63) is 100 Å². The summed E-state index contributed by atoms with van der Waals surface area (Å²) in [6.07, 6.45) is 4.01. The normalized spacial score (nSPS) is 25.5. The number of hydrogen-bond donors (Lipinski definition) is 1. The van der Waals surface area contributed by atoms with Crippen LogP contribution in [0.15, 0.2) is 83.3 Å². The molecule has 0 aromatic heterocycles. The number of para-hydroxylation sites is 2. The van der Waals surface area contributed by atoms with Gasteiger partial charge in [-0.15, -0.1) is 0 Å². The fourth-order valence-electron chi connectivity index (χ4n) is 6.36. The van der Waals surface area contributed by atoms with Crippen LogP contribution in [-0.4, -0.2) is 29.6 Å². The number of fused-ring (bicyclic) bond motifs is 6. The first-order chi connectivity index (χ1) is 17.7. The lowest BCUT2D eigenvalue weighted by molar-refractivity contribution is -0.128. The first-order valence-electron chi connectivity index (χ1n) is 12.5. The summed E-state index contributed by atoms with van der Waals surface area (Å²) < 4.78 is 0.853. The molecule has 5 nitrogen and oxygen atoms in total. The third-order valence-electron chi connectivity index (χ3n) is 7.96. The highest BCUT2D eigenvalue weighted by Crippen LogP contribution is 2.58. The molecular formula is C31H27BrN2O3. The van der Waals surface area contributed by atoms with Crippen LogP contribution in [0.4, 0.5) is 11.4 Å². The van der Waals surface area contributed by atoms with Crippen LogP contribution in [0.5, 0.6) is 0 Å². The minimum Gasteiger partial charge on any atom is -0.352 e. The summed E-state index contributed by atoms with van der Waals surface area (Å²) in [5, 5.41) is 3.06. The van der Waals surface area contributed by atoms with Gasteiger partial charge in [-0.2, -0.15) is 0 Å². The van der Waals surface area contributed by atoms with E-state index in [-0.39, 0.29) is 17.5 Å². The maximum absolute atomic E-state index is 14.6. The lowest BCUT2D eigenvalue weighted by Crippen LogP contribution is -2.51. The van der Waals surface area contributed by atoms with Crippen molar-refractivity contribution in [3.63, 3.8) is 0 Å². The van der Waals surface area contributed by atoms with Gasteiger partial charge in [0.05, 0.1) is 12.0 Å². The zero-order valence-electron chi connectivity index (χ0n) is 20.9. The summed E-state index contributed by atoms with van der Waals surface area (Å²) in [7, 11) is 0. The summed E-state index contributed by atoms with van der Waals surface area (Å²) in [5.74, 6) is -1.44. The Kier molecular flexibility index (Phi) is 5.32. The number of Topliss-reactive ketones (excluding diaryl/α,β-unsaturated/α-hetero) is 2. The molecule has 186 valence electrons. The van der Waals surface area contributed by atoms with Crippen LogP contribution in [0.3, 0.4) is 0 Å². The van der Waals surface area contributed by atoms with Crippen molar-refractivity contribution in [2.24, 2.45) is 11.3 Å². The lowest BCUT2D eigenvalue weighted by Gasteiger charge is -2.38. The van der Waals surface area contributed by atoms with Gasteiger partial charge >= 0.3 is 0 Å². The van der Waals surface area contributed by atoms with Gasteiger partial charge in [-0.3, -0.25) is 14.4 Å². The van der Waals surface area contributed by atoms with Crippen LogP contribution in [0.2, 0.25) is 0 Å². The van der Waals surface area contributed by atoms with Gasteiger partial charge in [-0.25, -0.2) is 0 Å². The molecule has 1 fully saturated rings. The summed E-state index contributed by atoms with van der Waals surface area (Å²) in [5.41, 5.74) is 1.76. The minimum atomic E-state index is -1.27. The van der Waals surface area contributed by atoms with Crippen molar-refractivity contribution in [1.29, 1.82) is 0 Å². The van der Waals surface area contributed by atoms with E-state index in [2.05, 4.69) is 21.2 Å². The zero-order chi connectivity index (χ0) is 26.1. The van der Waals surface area contributed by atoms with E-state index in [1.807, 2.05) is 98.5 Å². The molecule has 6 rings (SSSR count). The topological polar surface area (TPSA) is 66.5 Å². The number of rotatable bonds is 3. The van der Waals surface area contributed by atoms with Crippen LogP contribution in [-0.2, 0) is 15.0 Å². The highest BCUT2D eigenvalue weighted by molar-refractivity contribution is 9.10. The molecule has 0 bridgehead atoms. The highest BCUT2D eigenvalue weighted by Gasteiger charge is 2.70. The summed E-state index contributed by atoms with van der Waals surface area (Å²) in [4.78, 5) is 45.2. The first-order valence-corrected chi connectivity index (χ1v) is 13.3. The third-order valence-corrected chi connectivity index (χ3v) is 8.49. The monoisotopic (exact) mass is 554 g/mol. The molecule has 3 aromatic carbocycles. The Morgan fingerprint density at radius 3 is 2.35 bits per heavy atom. The van der Waals surface area contributed by atoms with Gasteiger partial charge in [0, 0.05) is 26.8 Å².